The lowest BCUT2D eigenvalue weighted by Gasteiger charge is -2.09. The highest BCUT2D eigenvalue weighted by molar-refractivity contribution is 5.74. The van der Waals surface area contributed by atoms with Crippen LogP contribution in [0.25, 0.3) is 0 Å². The zero-order valence-corrected chi connectivity index (χ0v) is 24.9. The van der Waals surface area contributed by atoms with Gasteiger partial charge in [0.25, 0.3) is 0 Å². The maximum absolute atomic E-state index is 11.1. The van der Waals surface area contributed by atoms with E-state index in [0.29, 0.717) is 45.3 Å². The summed E-state index contributed by atoms with van der Waals surface area (Å²) < 4.78 is 9.41. The van der Waals surface area contributed by atoms with Gasteiger partial charge in [-0.3, -0.25) is 0 Å². The number of ether oxygens (including phenoxy) is 2. The molecule has 0 aliphatic rings. The van der Waals surface area contributed by atoms with Gasteiger partial charge in [-0.2, -0.15) is 0 Å². The van der Waals surface area contributed by atoms with Gasteiger partial charge in [0.2, 0.25) is 0 Å². The molecule has 0 saturated carbocycles. The molecule has 0 saturated heterocycles. The number of carbonyl (C=O) groups is 3. The van der Waals surface area contributed by atoms with Crippen LogP contribution in [0.2, 0.25) is 0 Å². The fourth-order valence-electron chi connectivity index (χ4n) is 3.68. The van der Waals surface area contributed by atoms with Crippen LogP contribution in [-0.2, 0) is 43.1 Å². The van der Waals surface area contributed by atoms with Gasteiger partial charge in [-0.1, -0.05) is 91.0 Å². The summed E-state index contributed by atoms with van der Waals surface area (Å²) >= 11 is 0. The van der Waals surface area contributed by atoms with E-state index in [1.54, 1.807) is 13.8 Å². The Hall–Kier alpha value is -4.05. The third kappa shape index (κ3) is 17.5. The second kappa shape index (κ2) is 22.5. The molecule has 234 valence electrons. The molecule has 9 heteroatoms. The Bertz CT molecular complexity index is 1090. The standard InChI is InChI=1S/2C12H16O3.C10H12O3/c2*1-2-15-12(14)11(13)9-8-10-6-4-3-5-7-10;11-9(10(12)13)7-6-8-4-2-1-3-5-8/h2*3-7,11,13H,2,8-9H2,1H3;1-5,9,11H,6-7H2,(H,12,13)/t11-;;9-/m1.0/s1. The number of hydrogen-bond acceptors (Lipinski definition) is 8. The van der Waals surface area contributed by atoms with E-state index in [1.807, 2.05) is 91.0 Å². The molecule has 0 aromatic heterocycles. The fraction of sp³-hybridized carbons (Fsp3) is 0.382. The van der Waals surface area contributed by atoms with Crippen molar-refractivity contribution in [3.63, 3.8) is 0 Å². The SMILES string of the molecule is CCOC(=O)C(O)CCc1ccccc1.CCOC(=O)[C@H](O)CCc1ccccc1.O=C(O)[C@@H](O)CCc1ccccc1. The van der Waals surface area contributed by atoms with Gasteiger partial charge in [-0.05, 0) is 69.1 Å². The van der Waals surface area contributed by atoms with E-state index < -0.39 is 36.2 Å². The lowest BCUT2D eigenvalue weighted by Crippen LogP contribution is -2.23. The van der Waals surface area contributed by atoms with Gasteiger partial charge in [-0.25, -0.2) is 14.4 Å². The first-order valence-electron chi connectivity index (χ1n) is 14.4. The summed E-state index contributed by atoms with van der Waals surface area (Å²) in [5, 5.41) is 36.3. The number of carbonyl (C=O) groups excluding carboxylic acids is 2. The lowest BCUT2D eigenvalue weighted by molar-refractivity contribution is -0.153. The zero-order valence-electron chi connectivity index (χ0n) is 24.9. The molecule has 3 aromatic carbocycles. The molecule has 0 aliphatic heterocycles. The van der Waals surface area contributed by atoms with Gasteiger partial charge >= 0.3 is 17.9 Å². The van der Waals surface area contributed by atoms with Crippen molar-refractivity contribution in [1.82, 2.24) is 0 Å². The highest BCUT2D eigenvalue weighted by Crippen LogP contribution is 2.07. The largest absolute Gasteiger partial charge is 0.479 e. The minimum atomic E-state index is -1.25. The Morgan fingerprint density at radius 3 is 1.07 bits per heavy atom. The van der Waals surface area contributed by atoms with Crippen LogP contribution in [0.15, 0.2) is 91.0 Å². The van der Waals surface area contributed by atoms with Crippen molar-refractivity contribution >= 4 is 17.9 Å². The molecule has 0 fully saturated rings. The summed E-state index contributed by atoms with van der Waals surface area (Å²) in [6.07, 6.45) is -0.239. The number of aliphatic hydroxyl groups is 3. The van der Waals surface area contributed by atoms with Gasteiger partial charge in [0.15, 0.2) is 18.3 Å². The number of carboxylic acids is 1. The number of esters is 2. The van der Waals surface area contributed by atoms with Crippen LogP contribution in [0.3, 0.4) is 0 Å². The maximum Gasteiger partial charge on any atom is 0.334 e. The molecule has 0 amide bonds. The van der Waals surface area contributed by atoms with Crippen LogP contribution in [0.5, 0.6) is 0 Å². The fourth-order valence-corrected chi connectivity index (χ4v) is 3.68. The summed E-state index contributed by atoms with van der Waals surface area (Å²) in [6.45, 7) is 4.06. The van der Waals surface area contributed by atoms with Crippen molar-refractivity contribution in [2.75, 3.05) is 13.2 Å². The van der Waals surface area contributed by atoms with E-state index in [2.05, 4.69) is 0 Å². The van der Waals surface area contributed by atoms with Gasteiger partial charge in [0.1, 0.15) is 0 Å². The molecule has 0 aliphatic carbocycles. The van der Waals surface area contributed by atoms with Crippen molar-refractivity contribution in [1.29, 1.82) is 0 Å². The molecular weight excluding hydrogens is 552 g/mol. The molecule has 0 heterocycles. The van der Waals surface area contributed by atoms with Gasteiger partial charge in [-0.15, -0.1) is 0 Å². The number of rotatable bonds is 14. The summed E-state index contributed by atoms with van der Waals surface area (Å²) in [7, 11) is 0. The Labute approximate surface area is 253 Å². The quantitative estimate of drug-likeness (QED) is 0.201. The summed E-state index contributed by atoms with van der Waals surface area (Å²) in [4.78, 5) is 32.5. The summed E-state index contributed by atoms with van der Waals surface area (Å²) in [6, 6.07) is 29.0. The van der Waals surface area contributed by atoms with Crippen LogP contribution in [0, 0.1) is 0 Å². The molecule has 1 unspecified atom stereocenters. The average molecular weight is 597 g/mol. The van der Waals surface area contributed by atoms with Crippen molar-refractivity contribution < 1.29 is 44.3 Å². The number of aryl methyl sites for hydroxylation is 3. The van der Waals surface area contributed by atoms with Crippen LogP contribution in [-0.4, -0.2) is 69.9 Å². The van der Waals surface area contributed by atoms with Crippen molar-refractivity contribution in [2.45, 2.75) is 70.7 Å². The van der Waals surface area contributed by atoms with Crippen molar-refractivity contribution in [3.05, 3.63) is 108 Å². The predicted molar refractivity (Wildman–Crippen MR) is 163 cm³/mol. The smallest absolute Gasteiger partial charge is 0.334 e. The monoisotopic (exact) mass is 596 g/mol. The van der Waals surface area contributed by atoms with E-state index in [1.165, 1.54) is 0 Å². The van der Waals surface area contributed by atoms with Gasteiger partial charge in [0, 0.05) is 0 Å². The minimum absolute atomic E-state index is 0.263. The zero-order chi connectivity index (χ0) is 31.9. The molecule has 0 bridgehead atoms. The molecular formula is C34H44O9. The Balaban J connectivity index is 0.000000324. The van der Waals surface area contributed by atoms with E-state index in [9.17, 15) is 24.6 Å². The molecule has 0 radical (unpaired) electrons. The van der Waals surface area contributed by atoms with Gasteiger partial charge in [0.05, 0.1) is 13.2 Å². The van der Waals surface area contributed by atoms with Crippen LogP contribution in [0.4, 0.5) is 0 Å². The third-order valence-electron chi connectivity index (χ3n) is 6.05. The first-order valence-corrected chi connectivity index (χ1v) is 14.4. The Morgan fingerprint density at radius 1 is 0.535 bits per heavy atom. The average Bonchev–Trinajstić information content (AvgIpc) is 3.03. The molecule has 3 atom stereocenters. The van der Waals surface area contributed by atoms with Gasteiger partial charge < -0.3 is 29.9 Å². The molecule has 0 spiro atoms. The Kier molecular flexibility index (Phi) is 19.4. The number of benzene rings is 3. The van der Waals surface area contributed by atoms with Crippen LogP contribution < -0.4 is 0 Å². The predicted octanol–water partition coefficient (Wildman–Crippen LogP) is 4.15. The molecule has 3 rings (SSSR count). The lowest BCUT2D eigenvalue weighted by atomic mass is 10.1. The topological polar surface area (TPSA) is 151 Å². The number of carboxylic acid groups (broad SMARTS) is 1. The third-order valence-corrected chi connectivity index (χ3v) is 6.05. The number of aliphatic hydroxyl groups excluding tert-OH is 3. The van der Waals surface area contributed by atoms with E-state index >= 15 is 0 Å². The van der Waals surface area contributed by atoms with E-state index in [4.69, 9.17) is 19.7 Å². The minimum Gasteiger partial charge on any atom is -0.479 e. The van der Waals surface area contributed by atoms with Crippen LogP contribution >= 0.6 is 0 Å². The molecule has 4 N–H and O–H groups in total. The van der Waals surface area contributed by atoms with Crippen LogP contribution in [0.1, 0.15) is 49.8 Å². The molecule has 43 heavy (non-hydrogen) atoms. The second-order valence-electron chi connectivity index (χ2n) is 9.46. The highest BCUT2D eigenvalue weighted by atomic mass is 16.5. The Morgan fingerprint density at radius 2 is 0.814 bits per heavy atom. The normalized spacial score (nSPS) is 12.2. The first-order chi connectivity index (χ1) is 20.7. The highest BCUT2D eigenvalue weighted by Gasteiger charge is 2.16. The second-order valence-corrected chi connectivity index (χ2v) is 9.46. The number of hydrogen-bond donors (Lipinski definition) is 4. The molecule has 3 aromatic rings. The van der Waals surface area contributed by atoms with E-state index in [0.717, 1.165) is 16.7 Å². The summed E-state index contributed by atoms with van der Waals surface area (Å²) in [5.41, 5.74) is 3.27. The van der Waals surface area contributed by atoms with E-state index in [-0.39, 0.29) is 6.42 Å². The van der Waals surface area contributed by atoms with Crippen molar-refractivity contribution in [2.24, 2.45) is 0 Å². The van der Waals surface area contributed by atoms with Crippen molar-refractivity contribution in [3.8, 4) is 0 Å². The molecule has 9 nitrogen and oxygen atoms in total. The number of aliphatic carboxylic acids is 1. The summed E-state index contributed by atoms with van der Waals surface area (Å²) in [5.74, 6) is -2.22. The first kappa shape index (κ1) is 37.0. The maximum atomic E-state index is 11.1.